The van der Waals surface area contributed by atoms with E-state index < -0.39 is 5.97 Å². The van der Waals surface area contributed by atoms with Gasteiger partial charge >= 0.3 is 5.97 Å². The summed E-state index contributed by atoms with van der Waals surface area (Å²) < 4.78 is 0. The predicted octanol–water partition coefficient (Wildman–Crippen LogP) is -0.791. The third-order valence-electron chi connectivity index (χ3n) is 3.21. The molecule has 0 unspecified atom stereocenters. The van der Waals surface area contributed by atoms with E-state index >= 15 is 0 Å². The van der Waals surface area contributed by atoms with Gasteiger partial charge in [0, 0.05) is 45.7 Å². The molecule has 0 heterocycles. The van der Waals surface area contributed by atoms with Crippen molar-refractivity contribution in [1.29, 1.82) is 0 Å². The maximum atomic E-state index is 10.3. The van der Waals surface area contributed by atoms with Crippen LogP contribution < -0.4 is 26.6 Å². The second-order valence-electron chi connectivity index (χ2n) is 5.31. The molecule has 0 aliphatic carbocycles. The fraction of sp³-hybridized carbons (Fsp3) is 0.933. The van der Waals surface area contributed by atoms with Crippen LogP contribution in [0.3, 0.4) is 0 Å². The molecule has 22 heavy (non-hydrogen) atoms. The lowest BCUT2D eigenvalue weighted by Crippen LogP contribution is -2.35. The van der Waals surface area contributed by atoms with Crippen molar-refractivity contribution in [3.05, 3.63) is 0 Å². The number of carboxylic acid groups (broad SMARTS) is 1. The molecular formula is C15H35N5O2. The molecular weight excluding hydrogens is 282 g/mol. The van der Waals surface area contributed by atoms with Gasteiger partial charge in [-0.2, -0.15) is 0 Å². The zero-order chi connectivity index (χ0) is 16.3. The van der Waals surface area contributed by atoms with Crippen LogP contribution >= 0.6 is 0 Å². The number of carboxylic acids is 1. The fourth-order valence-corrected chi connectivity index (χ4v) is 1.95. The summed E-state index contributed by atoms with van der Waals surface area (Å²) in [7, 11) is 1.99. The summed E-state index contributed by atoms with van der Waals surface area (Å²) >= 11 is 0. The molecule has 0 rings (SSSR count). The van der Waals surface area contributed by atoms with Gasteiger partial charge in [0.25, 0.3) is 0 Å². The van der Waals surface area contributed by atoms with Gasteiger partial charge in [-0.25, -0.2) is 0 Å². The van der Waals surface area contributed by atoms with Crippen molar-refractivity contribution in [3.63, 3.8) is 0 Å². The number of carbonyl (C=O) groups is 1. The van der Waals surface area contributed by atoms with Crippen molar-refractivity contribution in [2.45, 2.75) is 25.7 Å². The maximum absolute atomic E-state index is 10.3. The van der Waals surface area contributed by atoms with Crippen LogP contribution in [0.1, 0.15) is 25.7 Å². The van der Waals surface area contributed by atoms with Crippen LogP contribution in [0.25, 0.3) is 0 Å². The van der Waals surface area contributed by atoms with Crippen LogP contribution in [0.4, 0.5) is 0 Å². The van der Waals surface area contributed by atoms with Gasteiger partial charge in [-0.1, -0.05) is 0 Å². The molecule has 7 heteroatoms. The molecule has 0 amide bonds. The third-order valence-corrected chi connectivity index (χ3v) is 3.21. The molecule has 0 saturated heterocycles. The SMILES string of the molecule is CNCCCCNCCNCCNCCNCCCC(=O)O. The highest BCUT2D eigenvalue weighted by Crippen LogP contribution is 1.85. The van der Waals surface area contributed by atoms with Gasteiger partial charge in [0.1, 0.15) is 0 Å². The van der Waals surface area contributed by atoms with Crippen LogP contribution in [-0.2, 0) is 4.79 Å². The van der Waals surface area contributed by atoms with E-state index in [1.54, 1.807) is 0 Å². The van der Waals surface area contributed by atoms with Crippen molar-refractivity contribution in [2.75, 3.05) is 66.0 Å². The summed E-state index contributed by atoms with van der Waals surface area (Å²) in [6.07, 6.45) is 3.39. The van der Waals surface area contributed by atoms with E-state index in [9.17, 15) is 4.79 Å². The standard InChI is InChI=1S/C15H35N5O2/c1-16-6-2-3-7-17-9-11-19-13-14-20-12-10-18-8-4-5-15(21)22/h16-20H,2-14H2,1H3,(H,21,22). The predicted molar refractivity (Wildman–Crippen MR) is 91.5 cm³/mol. The minimum atomic E-state index is -0.724. The van der Waals surface area contributed by atoms with Crippen LogP contribution in [0, 0.1) is 0 Å². The number of hydrogen-bond donors (Lipinski definition) is 6. The Hall–Kier alpha value is -0.730. The summed E-state index contributed by atoms with van der Waals surface area (Å²) in [5.74, 6) is -0.724. The summed E-state index contributed by atoms with van der Waals surface area (Å²) in [5.41, 5.74) is 0. The highest BCUT2D eigenvalue weighted by molar-refractivity contribution is 5.66. The Bertz CT molecular complexity index is 242. The van der Waals surface area contributed by atoms with Crippen LogP contribution in [0.2, 0.25) is 0 Å². The van der Waals surface area contributed by atoms with Gasteiger partial charge in [0.05, 0.1) is 0 Å². The smallest absolute Gasteiger partial charge is 0.303 e. The highest BCUT2D eigenvalue weighted by Gasteiger charge is 1.95. The molecule has 0 aliphatic rings. The van der Waals surface area contributed by atoms with E-state index in [0.29, 0.717) is 6.42 Å². The summed E-state index contributed by atoms with van der Waals surface area (Å²) in [4.78, 5) is 10.3. The molecule has 0 saturated carbocycles. The molecule has 0 aromatic rings. The van der Waals surface area contributed by atoms with Crippen LogP contribution in [0.5, 0.6) is 0 Å². The third kappa shape index (κ3) is 19.3. The molecule has 0 atom stereocenters. The first-order valence-corrected chi connectivity index (χ1v) is 8.46. The number of rotatable bonds is 18. The van der Waals surface area contributed by atoms with Crippen molar-refractivity contribution < 1.29 is 9.90 Å². The molecule has 0 aromatic heterocycles. The molecule has 0 spiro atoms. The molecule has 6 N–H and O–H groups in total. The van der Waals surface area contributed by atoms with E-state index in [2.05, 4.69) is 26.6 Å². The average Bonchev–Trinajstić information content (AvgIpc) is 2.50. The lowest BCUT2D eigenvalue weighted by Gasteiger charge is -2.08. The van der Waals surface area contributed by atoms with E-state index in [-0.39, 0.29) is 6.42 Å². The Balaban J connectivity index is 2.95. The van der Waals surface area contributed by atoms with Gasteiger partial charge in [-0.3, -0.25) is 4.79 Å². The topological polar surface area (TPSA) is 97.5 Å². The average molecular weight is 317 g/mol. The van der Waals surface area contributed by atoms with Crippen molar-refractivity contribution >= 4 is 5.97 Å². The first-order chi connectivity index (χ1) is 10.8. The molecule has 7 nitrogen and oxygen atoms in total. The Morgan fingerprint density at radius 3 is 1.55 bits per heavy atom. The summed E-state index contributed by atoms with van der Waals surface area (Å²) in [6, 6.07) is 0. The quantitative estimate of drug-likeness (QED) is 0.184. The zero-order valence-corrected chi connectivity index (χ0v) is 14.0. The van der Waals surface area contributed by atoms with Crippen molar-refractivity contribution in [1.82, 2.24) is 26.6 Å². The monoisotopic (exact) mass is 317 g/mol. The first-order valence-electron chi connectivity index (χ1n) is 8.46. The summed E-state index contributed by atoms with van der Waals surface area (Å²) in [6.45, 7) is 8.71. The number of aliphatic carboxylic acids is 1. The lowest BCUT2D eigenvalue weighted by atomic mass is 10.3. The molecule has 0 aliphatic heterocycles. The Labute approximate surface area is 135 Å². The van der Waals surface area contributed by atoms with E-state index in [1.807, 2.05) is 7.05 Å². The van der Waals surface area contributed by atoms with Gasteiger partial charge in [0.2, 0.25) is 0 Å². The van der Waals surface area contributed by atoms with Gasteiger partial charge in [0.15, 0.2) is 0 Å². The molecule has 132 valence electrons. The van der Waals surface area contributed by atoms with Gasteiger partial charge < -0.3 is 31.7 Å². The van der Waals surface area contributed by atoms with E-state index in [1.165, 1.54) is 12.8 Å². The van der Waals surface area contributed by atoms with Gasteiger partial charge in [-0.05, 0) is 45.9 Å². The van der Waals surface area contributed by atoms with Crippen molar-refractivity contribution in [3.8, 4) is 0 Å². The highest BCUT2D eigenvalue weighted by atomic mass is 16.4. The minimum absolute atomic E-state index is 0.244. The zero-order valence-electron chi connectivity index (χ0n) is 14.0. The number of hydrogen-bond acceptors (Lipinski definition) is 6. The fourth-order valence-electron chi connectivity index (χ4n) is 1.95. The van der Waals surface area contributed by atoms with Crippen molar-refractivity contribution in [2.24, 2.45) is 0 Å². The Kier molecular flexibility index (Phi) is 17.7. The second kappa shape index (κ2) is 18.3. The Morgan fingerprint density at radius 2 is 1.09 bits per heavy atom. The summed E-state index contributed by atoms with van der Waals surface area (Å²) in [5, 5.41) is 25.0. The number of nitrogens with one attached hydrogen (secondary N) is 5. The van der Waals surface area contributed by atoms with Gasteiger partial charge in [-0.15, -0.1) is 0 Å². The molecule has 0 fully saturated rings. The molecule has 0 bridgehead atoms. The van der Waals surface area contributed by atoms with Crippen LogP contribution in [0.15, 0.2) is 0 Å². The molecule has 0 aromatic carbocycles. The molecule has 0 radical (unpaired) electrons. The lowest BCUT2D eigenvalue weighted by molar-refractivity contribution is -0.137. The Morgan fingerprint density at radius 1 is 0.682 bits per heavy atom. The maximum Gasteiger partial charge on any atom is 0.303 e. The number of unbranched alkanes of at least 4 members (excludes halogenated alkanes) is 1. The first kappa shape index (κ1) is 21.3. The van der Waals surface area contributed by atoms with Crippen LogP contribution in [-0.4, -0.2) is 77.0 Å². The van der Waals surface area contributed by atoms with E-state index in [0.717, 1.165) is 58.9 Å². The largest absolute Gasteiger partial charge is 0.481 e. The second-order valence-corrected chi connectivity index (χ2v) is 5.31. The normalized spacial score (nSPS) is 11.0. The minimum Gasteiger partial charge on any atom is -0.481 e. The van der Waals surface area contributed by atoms with E-state index in [4.69, 9.17) is 5.11 Å².